The van der Waals surface area contributed by atoms with Crippen molar-refractivity contribution in [2.75, 3.05) is 10.6 Å². The molecule has 0 aliphatic carbocycles. The van der Waals surface area contributed by atoms with Crippen LogP contribution in [0.2, 0.25) is 0 Å². The Kier molecular flexibility index (Phi) is 3.19. The molecule has 0 saturated carbocycles. The zero-order chi connectivity index (χ0) is 14.8. The summed E-state index contributed by atoms with van der Waals surface area (Å²) in [6.45, 7) is 0. The van der Waals surface area contributed by atoms with Crippen molar-refractivity contribution in [3.8, 4) is 0 Å². The van der Waals surface area contributed by atoms with Gasteiger partial charge in [0, 0.05) is 12.3 Å². The number of nitrogens with one attached hydrogen (secondary N) is 2. The van der Waals surface area contributed by atoms with E-state index in [-0.39, 0.29) is 5.69 Å². The topological polar surface area (TPSA) is 71.3 Å². The third kappa shape index (κ3) is 2.64. The number of hydrogen-bond acceptors (Lipinski definition) is 3. The van der Waals surface area contributed by atoms with Gasteiger partial charge in [-0.05, 0) is 24.3 Å². The molecule has 2 aromatic heterocycles. The van der Waals surface area contributed by atoms with Crippen LogP contribution in [0.15, 0.2) is 42.9 Å². The van der Waals surface area contributed by atoms with E-state index in [1.807, 2.05) is 0 Å². The molecule has 0 unspecified atom stereocenters. The first-order valence-corrected chi connectivity index (χ1v) is 5.95. The maximum Gasteiger partial charge on any atom is 0.323 e. The van der Waals surface area contributed by atoms with Gasteiger partial charge in [0.2, 0.25) is 0 Å². The quantitative estimate of drug-likeness (QED) is 0.762. The van der Waals surface area contributed by atoms with E-state index >= 15 is 0 Å². The largest absolute Gasteiger partial charge is 0.323 e. The number of amides is 2. The van der Waals surface area contributed by atoms with Crippen molar-refractivity contribution >= 4 is 23.1 Å². The number of urea groups is 1. The van der Waals surface area contributed by atoms with Crippen LogP contribution in [0.5, 0.6) is 0 Å². The third-order valence-corrected chi connectivity index (χ3v) is 2.75. The summed E-state index contributed by atoms with van der Waals surface area (Å²) in [7, 11) is 0. The number of carbonyl (C=O) groups is 1. The van der Waals surface area contributed by atoms with Gasteiger partial charge in [0.25, 0.3) is 0 Å². The van der Waals surface area contributed by atoms with Gasteiger partial charge in [-0.25, -0.2) is 13.6 Å². The summed E-state index contributed by atoms with van der Waals surface area (Å²) in [6.07, 6.45) is 3.19. The molecule has 8 heteroatoms. The Hall–Kier alpha value is -3.03. The fraction of sp³-hybridized carbons (Fsp3) is 0. The molecule has 2 amide bonds. The summed E-state index contributed by atoms with van der Waals surface area (Å²) in [5.41, 5.74) is 0.581. The van der Waals surface area contributed by atoms with Crippen molar-refractivity contribution in [2.24, 2.45) is 0 Å². The number of rotatable bonds is 2. The lowest BCUT2D eigenvalue weighted by molar-refractivity contribution is 0.262. The predicted octanol–water partition coefficient (Wildman–Crippen LogP) is 2.65. The van der Waals surface area contributed by atoms with Crippen LogP contribution in [0.4, 0.5) is 25.0 Å². The Labute approximate surface area is 117 Å². The molecule has 1 aromatic carbocycles. The number of fused-ring (bicyclic) bond motifs is 1. The normalized spacial score (nSPS) is 10.6. The summed E-state index contributed by atoms with van der Waals surface area (Å²) >= 11 is 0. The van der Waals surface area contributed by atoms with Crippen molar-refractivity contribution in [1.82, 2.24) is 14.6 Å². The SMILES string of the molecule is O=C(Nc1cc(F)ccc1F)Nc1cccn2cnnc12. The van der Waals surface area contributed by atoms with Gasteiger partial charge >= 0.3 is 6.03 Å². The second-order valence-electron chi connectivity index (χ2n) is 4.19. The van der Waals surface area contributed by atoms with Gasteiger partial charge in [-0.3, -0.25) is 4.40 Å². The van der Waals surface area contributed by atoms with Crippen LogP contribution < -0.4 is 10.6 Å². The first-order valence-electron chi connectivity index (χ1n) is 5.95. The first kappa shape index (κ1) is 13.0. The zero-order valence-electron chi connectivity index (χ0n) is 10.5. The number of nitrogens with zero attached hydrogens (tertiary/aromatic N) is 3. The van der Waals surface area contributed by atoms with E-state index in [1.54, 1.807) is 22.7 Å². The number of aromatic nitrogens is 3. The highest BCUT2D eigenvalue weighted by Gasteiger charge is 2.10. The zero-order valence-corrected chi connectivity index (χ0v) is 10.5. The number of hydrogen-bond donors (Lipinski definition) is 2. The minimum Gasteiger partial charge on any atom is -0.305 e. The van der Waals surface area contributed by atoms with E-state index in [4.69, 9.17) is 0 Å². The summed E-state index contributed by atoms with van der Waals surface area (Å²) in [5, 5.41) is 12.3. The van der Waals surface area contributed by atoms with Crippen LogP contribution >= 0.6 is 0 Å². The van der Waals surface area contributed by atoms with Gasteiger partial charge in [0.1, 0.15) is 18.0 Å². The highest BCUT2D eigenvalue weighted by atomic mass is 19.1. The van der Waals surface area contributed by atoms with Gasteiger partial charge in [0.15, 0.2) is 5.65 Å². The van der Waals surface area contributed by atoms with Crippen LogP contribution in [0.3, 0.4) is 0 Å². The second kappa shape index (κ2) is 5.16. The van der Waals surface area contributed by atoms with E-state index < -0.39 is 17.7 Å². The van der Waals surface area contributed by atoms with E-state index in [9.17, 15) is 13.6 Å². The van der Waals surface area contributed by atoms with Crippen LogP contribution in [0, 0.1) is 11.6 Å². The molecule has 106 valence electrons. The number of pyridine rings is 1. The molecule has 6 nitrogen and oxygen atoms in total. The molecule has 2 N–H and O–H groups in total. The van der Waals surface area contributed by atoms with Gasteiger partial charge in [-0.2, -0.15) is 0 Å². The Morgan fingerprint density at radius 3 is 2.81 bits per heavy atom. The summed E-state index contributed by atoms with van der Waals surface area (Å²) in [5.74, 6) is -1.38. The molecule has 0 spiro atoms. The smallest absolute Gasteiger partial charge is 0.305 e. The van der Waals surface area contributed by atoms with Crippen molar-refractivity contribution in [3.05, 3.63) is 54.5 Å². The van der Waals surface area contributed by atoms with Gasteiger partial charge in [-0.1, -0.05) is 0 Å². The summed E-state index contributed by atoms with van der Waals surface area (Å²) in [4.78, 5) is 11.8. The summed E-state index contributed by atoms with van der Waals surface area (Å²) < 4.78 is 28.1. The van der Waals surface area contributed by atoms with Crippen molar-refractivity contribution in [2.45, 2.75) is 0 Å². The second-order valence-corrected chi connectivity index (χ2v) is 4.19. The monoisotopic (exact) mass is 289 g/mol. The maximum atomic E-state index is 13.4. The van der Waals surface area contributed by atoms with Gasteiger partial charge < -0.3 is 10.6 Å². The number of halogens is 2. The highest BCUT2D eigenvalue weighted by molar-refractivity contribution is 6.01. The molecule has 0 radical (unpaired) electrons. The molecule has 0 atom stereocenters. The van der Waals surface area contributed by atoms with Crippen LogP contribution in [0.25, 0.3) is 5.65 Å². The fourth-order valence-corrected chi connectivity index (χ4v) is 1.82. The Balaban J connectivity index is 1.80. The van der Waals surface area contributed by atoms with Crippen molar-refractivity contribution in [3.63, 3.8) is 0 Å². The number of carbonyl (C=O) groups excluding carboxylic acids is 1. The van der Waals surface area contributed by atoms with Crippen LogP contribution in [-0.4, -0.2) is 20.6 Å². The van der Waals surface area contributed by atoms with Crippen molar-refractivity contribution < 1.29 is 13.6 Å². The molecule has 0 aliphatic heterocycles. The molecule has 21 heavy (non-hydrogen) atoms. The predicted molar refractivity (Wildman–Crippen MR) is 72.0 cm³/mol. The van der Waals surface area contributed by atoms with E-state index in [0.29, 0.717) is 11.3 Å². The third-order valence-electron chi connectivity index (χ3n) is 2.75. The molecule has 3 rings (SSSR count). The number of benzene rings is 1. The Bertz CT molecular complexity index is 817. The van der Waals surface area contributed by atoms with E-state index in [0.717, 1.165) is 18.2 Å². The lowest BCUT2D eigenvalue weighted by Gasteiger charge is -2.09. The van der Waals surface area contributed by atoms with Gasteiger partial charge in [-0.15, -0.1) is 10.2 Å². The van der Waals surface area contributed by atoms with Crippen molar-refractivity contribution in [1.29, 1.82) is 0 Å². The highest BCUT2D eigenvalue weighted by Crippen LogP contribution is 2.17. The standard InChI is InChI=1S/C13H9F2N5O/c14-8-3-4-9(15)11(6-8)18-13(21)17-10-2-1-5-20-7-16-19-12(10)20/h1-7H,(H2,17,18,21). The van der Waals surface area contributed by atoms with Crippen LogP contribution in [0.1, 0.15) is 0 Å². The van der Waals surface area contributed by atoms with E-state index in [1.165, 1.54) is 6.33 Å². The van der Waals surface area contributed by atoms with Crippen LogP contribution in [-0.2, 0) is 0 Å². The maximum absolute atomic E-state index is 13.4. The molecule has 2 heterocycles. The number of anilines is 2. The lowest BCUT2D eigenvalue weighted by Crippen LogP contribution is -2.20. The molecule has 0 saturated heterocycles. The van der Waals surface area contributed by atoms with Gasteiger partial charge in [0.05, 0.1) is 11.4 Å². The molecule has 0 aliphatic rings. The lowest BCUT2D eigenvalue weighted by atomic mass is 10.3. The first-order chi connectivity index (χ1) is 10.1. The molecule has 3 aromatic rings. The molecule has 0 fully saturated rings. The Morgan fingerprint density at radius 1 is 1.14 bits per heavy atom. The molecule has 0 bridgehead atoms. The average Bonchev–Trinajstić information content (AvgIpc) is 2.92. The molecular weight excluding hydrogens is 280 g/mol. The minimum absolute atomic E-state index is 0.249. The average molecular weight is 289 g/mol. The fourth-order valence-electron chi connectivity index (χ4n) is 1.82. The minimum atomic E-state index is -0.729. The summed E-state index contributed by atoms with van der Waals surface area (Å²) in [6, 6.07) is 5.39. The molecular formula is C13H9F2N5O. The Morgan fingerprint density at radius 2 is 1.95 bits per heavy atom. The van der Waals surface area contributed by atoms with E-state index in [2.05, 4.69) is 20.8 Å².